The van der Waals surface area contributed by atoms with Crippen molar-refractivity contribution in [3.8, 4) is 0 Å². The summed E-state index contributed by atoms with van der Waals surface area (Å²) in [7, 11) is 0. The molecule has 2 unspecified atom stereocenters. The zero-order valence-corrected chi connectivity index (χ0v) is 37.4. The van der Waals surface area contributed by atoms with Gasteiger partial charge in [-0.25, -0.2) is 14.4 Å². The van der Waals surface area contributed by atoms with Gasteiger partial charge in [0.25, 0.3) is 5.91 Å². The number of hydrogen-bond donors (Lipinski definition) is 5. The van der Waals surface area contributed by atoms with Crippen LogP contribution in [0.3, 0.4) is 0 Å². The van der Waals surface area contributed by atoms with Gasteiger partial charge in [-0.3, -0.25) is 14.4 Å². The number of ketones is 1. The van der Waals surface area contributed by atoms with Crippen LogP contribution < -0.4 is 10.6 Å². The first-order chi connectivity index (χ1) is 31.3. The Labute approximate surface area is 382 Å². The first-order valence-corrected chi connectivity index (χ1v) is 22.3. The molecule has 1 saturated heterocycles. The molecule has 8 rings (SSSR count). The fourth-order valence-electron chi connectivity index (χ4n) is 10.8. The van der Waals surface area contributed by atoms with E-state index in [0.29, 0.717) is 18.4 Å². The second-order valence-corrected chi connectivity index (χ2v) is 18.9. The highest BCUT2D eigenvalue weighted by molar-refractivity contribution is 5.96. The predicted molar refractivity (Wildman–Crippen MR) is 233 cm³/mol. The van der Waals surface area contributed by atoms with Gasteiger partial charge >= 0.3 is 24.0 Å². The molecule has 2 amide bonds. The number of Topliss-reactive ketones (excluding diaryl/α,β-unsaturated/α-hetero) is 1. The molecule has 2 bridgehead atoms. The summed E-state index contributed by atoms with van der Waals surface area (Å²) in [6.07, 6.45) is -9.14. The molecule has 4 aliphatic carbocycles. The van der Waals surface area contributed by atoms with Gasteiger partial charge in [0.15, 0.2) is 23.6 Å². The van der Waals surface area contributed by atoms with E-state index in [2.05, 4.69) is 10.6 Å². The highest BCUT2D eigenvalue weighted by Gasteiger charge is 2.78. The Morgan fingerprint density at radius 1 is 0.848 bits per heavy atom. The van der Waals surface area contributed by atoms with Gasteiger partial charge in [-0.05, 0) is 74.1 Å². The van der Waals surface area contributed by atoms with Gasteiger partial charge in [0.05, 0.1) is 35.6 Å². The van der Waals surface area contributed by atoms with Crippen LogP contribution in [0.4, 0.5) is 4.79 Å². The Morgan fingerprint density at radius 3 is 2.02 bits per heavy atom. The smallest absolute Gasteiger partial charge is 0.408 e. The molecule has 0 aromatic heterocycles. The summed E-state index contributed by atoms with van der Waals surface area (Å²) < 4.78 is 30.9. The van der Waals surface area contributed by atoms with Crippen LogP contribution >= 0.6 is 0 Å². The average molecular weight is 909 g/mol. The molecule has 0 radical (unpaired) electrons. The standard InChI is InChI=1S/C50H56N2O14/c1-27-33(64-45(59)38(55)37(29-16-9-6-10-17-29)52-43(57)30-18-11-7-12-19-30)25-50(61)42(65-44(58)31-20-13-8-14-21-31)40-48(5,41(56)39(63-28(2)53)36(27)47(50,3)4)34(54)24-35-49(40,26-62-35)66-46(60)51-32-22-15-23-32/h6-14,16-21,32-35,37-40,42,54-55,61H,15,22-26H2,1-5H3,(H,51,60)(H,52,57)/t33-,34-,35+,37?,38+,39+,40?,42-,48+,49-,50+/m0/s1. The minimum absolute atomic E-state index is 0.00181. The third-order valence-electron chi connectivity index (χ3n) is 14.9. The van der Waals surface area contributed by atoms with E-state index in [9.17, 15) is 39.3 Å². The van der Waals surface area contributed by atoms with Crippen molar-refractivity contribution in [1.29, 1.82) is 0 Å². The molecule has 3 aromatic rings. The normalized spacial score (nSPS) is 31.9. The maximum absolute atomic E-state index is 15.7. The predicted octanol–water partition coefficient (Wildman–Crippen LogP) is 4.45. The minimum Gasteiger partial charge on any atom is -0.456 e. The quantitative estimate of drug-likeness (QED) is 0.102. The number of rotatable bonds is 11. The summed E-state index contributed by atoms with van der Waals surface area (Å²) in [4.78, 5) is 85.0. The molecule has 4 fully saturated rings. The second kappa shape index (κ2) is 17.7. The van der Waals surface area contributed by atoms with Gasteiger partial charge in [0.1, 0.15) is 23.9 Å². The van der Waals surface area contributed by atoms with Crippen molar-refractivity contribution >= 4 is 35.7 Å². The fourth-order valence-corrected chi connectivity index (χ4v) is 10.8. The topological polar surface area (TPSA) is 233 Å². The van der Waals surface area contributed by atoms with E-state index in [0.717, 1.165) is 13.3 Å². The highest BCUT2D eigenvalue weighted by atomic mass is 16.6. The zero-order valence-electron chi connectivity index (χ0n) is 37.4. The number of fused-ring (bicyclic) bond motifs is 5. The molecule has 16 heteroatoms. The fraction of sp³-hybridized carbons (Fsp3) is 0.480. The Kier molecular flexibility index (Phi) is 12.5. The molecular weight excluding hydrogens is 853 g/mol. The Bertz CT molecular complexity index is 2410. The molecule has 3 aromatic carbocycles. The van der Waals surface area contributed by atoms with Crippen LogP contribution in [0.15, 0.2) is 102 Å². The van der Waals surface area contributed by atoms with E-state index >= 15 is 4.79 Å². The minimum atomic E-state index is -2.41. The van der Waals surface area contributed by atoms with Crippen LogP contribution in [0, 0.1) is 16.7 Å². The largest absolute Gasteiger partial charge is 0.456 e. The number of aliphatic hydroxyl groups is 3. The molecular formula is C50H56N2O14. The van der Waals surface area contributed by atoms with E-state index in [1.807, 2.05) is 0 Å². The summed E-state index contributed by atoms with van der Waals surface area (Å²) in [5.74, 6) is -6.08. The monoisotopic (exact) mass is 908 g/mol. The lowest BCUT2D eigenvalue weighted by Crippen LogP contribution is -2.82. The Hall–Kier alpha value is -5.94. The molecule has 3 saturated carbocycles. The first-order valence-electron chi connectivity index (χ1n) is 22.3. The molecule has 11 atom stereocenters. The molecule has 1 heterocycles. The van der Waals surface area contributed by atoms with Crippen LogP contribution in [0.5, 0.6) is 0 Å². The van der Waals surface area contributed by atoms with Gasteiger partial charge in [0, 0.05) is 36.8 Å². The Balaban J connectivity index is 1.27. The van der Waals surface area contributed by atoms with Crippen molar-refractivity contribution in [2.75, 3.05) is 6.61 Å². The third kappa shape index (κ3) is 7.86. The summed E-state index contributed by atoms with van der Waals surface area (Å²) in [6.45, 7) is 6.87. The number of amides is 2. The zero-order chi connectivity index (χ0) is 47.3. The lowest BCUT2D eigenvalue weighted by atomic mass is 9.44. The number of carbonyl (C=O) groups is 6. The van der Waals surface area contributed by atoms with Gasteiger partial charge in [-0.2, -0.15) is 0 Å². The number of benzene rings is 3. The molecule has 66 heavy (non-hydrogen) atoms. The van der Waals surface area contributed by atoms with E-state index in [4.69, 9.17) is 23.7 Å². The molecule has 5 N–H and O–H groups in total. The summed E-state index contributed by atoms with van der Waals surface area (Å²) >= 11 is 0. The number of esters is 3. The average Bonchev–Trinajstić information content (AvgIpc) is 3.28. The third-order valence-corrected chi connectivity index (χ3v) is 14.9. The van der Waals surface area contributed by atoms with Gasteiger partial charge in [-0.15, -0.1) is 0 Å². The SMILES string of the molecule is CC(=O)O[C@H]1C(=O)[C@@]2(C)C([C@H](OC(=O)c3ccccc3)[C@]3(O)C[C@H](OC(=O)[C@H](O)C(NC(=O)c4ccccc4)c4ccccc4)C(C)=C1C3(C)C)[C@]1(OC(=O)NC3CCC3)CO[C@@H]1C[C@@H]2O. The molecule has 0 spiro atoms. The number of ether oxygens (including phenoxy) is 5. The molecule has 5 aliphatic rings. The maximum Gasteiger partial charge on any atom is 0.408 e. The molecule has 1 aliphatic heterocycles. The molecule has 350 valence electrons. The highest BCUT2D eigenvalue weighted by Crippen LogP contribution is 2.64. The van der Waals surface area contributed by atoms with Crippen LogP contribution in [0.25, 0.3) is 0 Å². The first kappa shape index (κ1) is 46.6. The lowest BCUT2D eigenvalue weighted by Gasteiger charge is -2.67. The van der Waals surface area contributed by atoms with Crippen LogP contribution in [-0.4, -0.2) is 111 Å². The number of alkyl carbamates (subject to hydrolysis) is 1. The van der Waals surface area contributed by atoms with Crippen molar-refractivity contribution in [2.45, 2.75) is 127 Å². The summed E-state index contributed by atoms with van der Waals surface area (Å²) in [5, 5.41) is 43.5. The van der Waals surface area contributed by atoms with Gasteiger partial charge in [-0.1, -0.05) is 80.6 Å². The molecule has 16 nitrogen and oxygen atoms in total. The van der Waals surface area contributed by atoms with Crippen molar-refractivity contribution in [1.82, 2.24) is 10.6 Å². The number of hydrogen-bond acceptors (Lipinski definition) is 14. The lowest BCUT2D eigenvalue weighted by molar-refractivity contribution is -0.341. The number of aliphatic hydroxyl groups excluding tert-OH is 2. The van der Waals surface area contributed by atoms with Gasteiger partial charge in [0.2, 0.25) is 0 Å². The van der Waals surface area contributed by atoms with Crippen molar-refractivity contribution in [2.24, 2.45) is 16.7 Å². The van der Waals surface area contributed by atoms with Crippen molar-refractivity contribution < 1.29 is 67.8 Å². The van der Waals surface area contributed by atoms with E-state index in [-0.39, 0.29) is 41.3 Å². The second-order valence-electron chi connectivity index (χ2n) is 18.9. The van der Waals surface area contributed by atoms with E-state index in [1.54, 1.807) is 92.7 Å². The number of nitrogens with one attached hydrogen (secondary N) is 2. The van der Waals surface area contributed by atoms with E-state index in [1.165, 1.54) is 26.0 Å². The van der Waals surface area contributed by atoms with E-state index < -0.39 is 113 Å². The number of carbonyl (C=O) groups excluding carboxylic acids is 6. The van der Waals surface area contributed by atoms with Crippen LogP contribution in [-0.2, 0) is 38.1 Å². The summed E-state index contributed by atoms with van der Waals surface area (Å²) in [5.41, 5.74) is -7.13. The Morgan fingerprint density at radius 2 is 1.45 bits per heavy atom. The van der Waals surface area contributed by atoms with Crippen LogP contribution in [0.2, 0.25) is 0 Å². The summed E-state index contributed by atoms with van der Waals surface area (Å²) in [6, 6.07) is 22.8. The van der Waals surface area contributed by atoms with Crippen molar-refractivity contribution in [3.05, 3.63) is 119 Å². The van der Waals surface area contributed by atoms with Crippen LogP contribution in [0.1, 0.15) is 99.0 Å². The van der Waals surface area contributed by atoms with Gasteiger partial charge < -0.3 is 49.6 Å². The maximum atomic E-state index is 15.7. The van der Waals surface area contributed by atoms with Crippen molar-refractivity contribution in [3.63, 3.8) is 0 Å².